The van der Waals surface area contributed by atoms with Crippen molar-refractivity contribution in [2.45, 2.75) is 13.0 Å². The van der Waals surface area contributed by atoms with Crippen LogP contribution in [0.2, 0.25) is 0 Å². The fraction of sp³-hybridized carbons (Fsp3) is 0.222. The van der Waals surface area contributed by atoms with Crippen LogP contribution in [0.5, 0.6) is 0 Å². The van der Waals surface area contributed by atoms with Gasteiger partial charge in [-0.3, -0.25) is 4.79 Å². The summed E-state index contributed by atoms with van der Waals surface area (Å²) in [5.41, 5.74) is 5.25. The lowest BCUT2D eigenvalue weighted by Crippen LogP contribution is -2.08. The predicted molar refractivity (Wildman–Crippen MR) is 46.1 cm³/mol. The van der Waals surface area contributed by atoms with Crippen LogP contribution in [-0.2, 0) is 9.53 Å². The van der Waals surface area contributed by atoms with Crippen LogP contribution in [0, 0.1) is 6.92 Å². The normalized spacial score (nSPS) is 21.5. The maximum Gasteiger partial charge on any atom is 0.251 e. The van der Waals surface area contributed by atoms with Crippen LogP contribution < -0.4 is 5.73 Å². The molecule has 0 spiro atoms. The molecule has 14 heavy (non-hydrogen) atoms. The number of furan rings is 1. The van der Waals surface area contributed by atoms with Crippen molar-refractivity contribution in [2.75, 3.05) is 0 Å². The van der Waals surface area contributed by atoms with Gasteiger partial charge in [-0.25, -0.2) is 0 Å². The van der Waals surface area contributed by atoms with E-state index in [1.807, 2.05) is 0 Å². The summed E-state index contributed by atoms with van der Waals surface area (Å²) in [4.78, 5) is 11.4. The fourth-order valence-electron chi connectivity index (χ4n) is 1.26. The summed E-state index contributed by atoms with van der Waals surface area (Å²) in [6.45, 7) is 1.75. The second-order valence-corrected chi connectivity index (χ2v) is 3.02. The van der Waals surface area contributed by atoms with Crippen molar-refractivity contribution in [1.29, 1.82) is 0 Å². The number of nitrogens with two attached hydrogens (primary N) is 1. The summed E-state index contributed by atoms with van der Waals surface area (Å²) in [6, 6.07) is 3.32. The first kappa shape index (κ1) is 8.68. The average Bonchev–Trinajstić information content (AvgIpc) is 2.66. The molecule has 0 radical (unpaired) electrons. The van der Waals surface area contributed by atoms with Crippen LogP contribution >= 0.6 is 0 Å². The van der Waals surface area contributed by atoms with Gasteiger partial charge in [-0.1, -0.05) is 0 Å². The molecule has 2 rings (SSSR count). The molecule has 0 bridgehead atoms. The van der Waals surface area contributed by atoms with Crippen molar-refractivity contribution in [2.24, 2.45) is 5.73 Å². The monoisotopic (exact) mass is 195 g/mol. The van der Waals surface area contributed by atoms with Gasteiger partial charge >= 0.3 is 0 Å². The van der Waals surface area contributed by atoms with Gasteiger partial charge in [0.05, 0.1) is 0 Å². The highest BCUT2D eigenvalue weighted by Crippen LogP contribution is 2.30. The van der Waals surface area contributed by atoms with Crippen LogP contribution in [0.1, 0.15) is 17.6 Å². The Kier molecular flexibility index (Phi) is 1.73. The highest BCUT2D eigenvalue weighted by atomic mass is 16.5. The quantitative estimate of drug-likeness (QED) is 0.695. The Bertz CT molecular complexity index is 418. The largest absolute Gasteiger partial charge is 0.501 e. The lowest BCUT2D eigenvalue weighted by Gasteiger charge is -2.05. The third-order valence-corrected chi connectivity index (χ3v) is 1.97. The number of carbonyl (C=O) groups is 1. The number of ether oxygens (including phenoxy) is 1. The number of Topliss-reactive ketones (excluding diaryl/α,β-unsaturated/α-hetero) is 1. The Morgan fingerprint density at radius 3 is 2.64 bits per heavy atom. The SMILES string of the molecule is Cc1ccc([C@@H]2OC(N)=C(O)C2=O)o1. The molecular formula is C9H9NO4. The van der Waals surface area contributed by atoms with Gasteiger partial charge in [-0.2, -0.15) is 0 Å². The minimum Gasteiger partial charge on any atom is -0.501 e. The number of rotatable bonds is 1. The van der Waals surface area contributed by atoms with Crippen LogP contribution in [-0.4, -0.2) is 10.9 Å². The van der Waals surface area contributed by atoms with Crippen LogP contribution in [0.15, 0.2) is 28.2 Å². The van der Waals surface area contributed by atoms with Gasteiger partial charge in [0.1, 0.15) is 5.76 Å². The van der Waals surface area contributed by atoms with Gasteiger partial charge in [-0.05, 0) is 19.1 Å². The van der Waals surface area contributed by atoms with E-state index in [1.165, 1.54) is 0 Å². The van der Waals surface area contributed by atoms with Crippen LogP contribution in [0.3, 0.4) is 0 Å². The minimum absolute atomic E-state index is 0.256. The van der Waals surface area contributed by atoms with E-state index >= 15 is 0 Å². The number of ketones is 1. The molecule has 0 amide bonds. The first-order valence-corrected chi connectivity index (χ1v) is 4.05. The van der Waals surface area contributed by atoms with Gasteiger partial charge in [0, 0.05) is 0 Å². The third-order valence-electron chi connectivity index (χ3n) is 1.97. The van der Waals surface area contributed by atoms with E-state index in [9.17, 15) is 4.79 Å². The third kappa shape index (κ3) is 1.14. The lowest BCUT2D eigenvalue weighted by molar-refractivity contribution is -0.124. The molecule has 2 heterocycles. The maximum atomic E-state index is 11.4. The number of aliphatic hydroxyl groups is 1. The van der Waals surface area contributed by atoms with Gasteiger partial charge in [0.25, 0.3) is 5.78 Å². The predicted octanol–water partition coefficient (Wildman–Crippen LogP) is 0.914. The first-order valence-electron chi connectivity index (χ1n) is 4.05. The van der Waals surface area contributed by atoms with Crippen molar-refractivity contribution in [3.63, 3.8) is 0 Å². The molecule has 74 valence electrons. The van der Waals surface area contributed by atoms with E-state index in [0.717, 1.165) is 0 Å². The summed E-state index contributed by atoms with van der Waals surface area (Å²) in [5.74, 6) is -0.351. The van der Waals surface area contributed by atoms with Crippen molar-refractivity contribution in [3.8, 4) is 0 Å². The Hall–Kier alpha value is -1.91. The van der Waals surface area contributed by atoms with Gasteiger partial charge in [0.15, 0.2) is 5.76 Å². The van der Waals surface area contributed by atoms with E-state index in [1.54, 1.807) is 19.1 Å². The number of aryl methyl sites for hydroxylation is 1. The van der Waals surface area contributed by atoms with Crippen molar-refractivity contribution < 1.29 is 19.1 Å². The molecular weight excluding hydrogens is 186 g/mol. The second-order valence-electron chi connectivity index (χ2n) is 3.02. The van der Waals surface area contributed by atoms with E-state index in [2.05, 4.69) is 0 Å². The van der Waals surface area contributed by atoms with Crippen molar-refractivity contribution in [3.05, 3.63) is 35.3 Å². The molecule has 1 aromatic rings. The van der Waals surface area contributed by atoms with Crippen LogP contribution in [0.25, 0.3) is 0 Å². The molecule has 0 aliphatic carbocycles. The topological polar surface area (TPSA) is 85.7 Å². The molecule has 0 saturated heterocycles. The first-order chi connectivity index (χ1) is 6.59. The fourth-order valence-corrected chi connectivity index (χ4v) is 1.26. The van der Waals surface area contributed by atoms with Gasteiger partial charge in [-0.15, -0.1) is 0 Å². The van der Waals surface area contributed by atoms with Crippen LogP contribution in [0.4, 0.5) is 0 Å². The van der Waals surface area contributed by atoms with E-state index < -0.39 is 17.6 Å². The molecule has 0 saturated carbocycles. The molecule has 1 aliphatic heterocycles. The summed E-state index contributed by atoms with van der Waals surface area (Å²) >= 11 is 0. The molecule has 0 unspecified atom stereocenters. The number of hydrogen-bond donors (Lipinski definition) is 2. The Balaban J connectivity index is 2.29. The summed E-state index contributed by atoms with van der Waals surface area (Å²) < 4.78 is 10.1. The molecule has 5 heteroatoms. The Morgan fingerprint density at radius 1 is 1.50 bits per heavy atom. The van der Waals surface area contributed by atoms with Gasteiger partial charge < -0.3 is 20.0 Å². The maximum absolute atomic E-state index is 11.4. The highest BCUT2D eigenvalue weighted by Gasteiger charge is 2.37. The van der Waals surface area contributed by atoms with Crippen molar-refractivity contribution in [1.82, 2.24) is 0 Å². The molecule has 3 N–H and O–H groups in total. The highest BCUT2D eigenvalue weighted by molar-refractivity contribution is 5.99. The number of carbonyl (C=O) groups excluding carboxylic acids is 1. The minimum atomic E-state index is -0.941. The zero-order chi connectivity index (χ0) is 10.3. The molecule has 5 nitrogen and oxygen atoms in total. The van der Waals surface area contributed by atoms with E-state index in [-0.39, 0.29) is 5.88 Å². The summed E-state index contributed by atoms with van der Waals surface area (Å²) in [7, 11) is 0. The second kappa shape index (κ2) is 2.80. The smallest absolute Gasteiger partial charge is 0.251 e. The van der Waals surface area contributed by atoms with Crippen molar-refractivity contribution >= 4 is 5.78 Å². The summed E-state index contributed by atoms with van der Waals surface area (Å²) in [5, 5.41) is 9.14. The number of aliphatic hydroxyl groups excluding tert-OH is 1. The Morgan fingerprint density at radius 2 is 2.21 bits per heavy atom. The number of hydrogen-bond acceptors (Lipinski definition) is 5. The van der Waals surface area contributed by atoms with E-state index in [0.29, 0.717) is 11.5 Å². The molecule has 0 aromatic carbocycles. The zero-order valence-electron chi connectivity index (χ0n) is 7.48. The molecule has 1 aromatic heterocycles. The standard InChI is InChI=1S/C9H9NO4/c1-4-2-3-5(13-4)8-6(11)7(12)9(10)14-8/h2-3,8,12H,10H2,1H3/t8-/m0/s1. The average molecular weight is 195 g/mol. The molecule has 1 aliphatic rings. The molecule has 1 atom stereocenters. The van der Waals surface area contributed by atoms with E-state index in [4.69, 9.17) is 20.0 Å². The Labute approximate surface area is 79.8 Å². The summed E-state index contributed by atoms with van der Waals surface area (Å²) in [6.07, 6.45) is -0.941. The van der Waals surface area contributed by atoms with Gasteiger partial charge in [0.2, 0.25) is 17.7 Å². The molecule has 0 fully saturated rings. The zero-order valence-corrected chi connectivity index (χ0v) is 7.48. The lowest BCUT2D eigenvalue weighted by atomic mass is 10.2.